The van der Waals surface area contributed by atoms with E-state index in [9.17, 15) is 0 Å². The third kappa shape index (κ3) is 11.0. The molecule has 1 aliphatic carbocycles. The molecule has 0 radical (unpaired) electrons. The van der Waals surface area contributed by atoms with Crippen LogP contribution in [-0.2, 0) is 0 Å². The lowest BCUT2D eigenvalue weighted by Gasteiger charge is -2.25. The summed E-state index contributed by atoms with van der Waals surface area (Å²) in [5.74, 6) is 0.533. The summed E-state index contributed by atoms with van der Waals surface area (Å²) in [5.41, 5.74) is 6.38. The zero-order valence-electron chi connectivity index (χ0n) is 21.0. The van der Waals surface area contributed by atoms with Crippen LogP contribution < -0.4 is 0 Å². The first kappa shape index (κ1) is 29.9. The summed E-state index contributed by atoms with van der Waals surface area (Å²) < 4.78 is 0. The molecule has 0 aromatic heterocycles. The SMILES string of the molecule is C=C(C1=CC(C)=CCC1CC=CC)c1ccccc1/C=C\C.C=CCC.CC.CC. The fraction of sp³-hybridized carbons (Fsp3) is 0.400. The highest BCUT2D eigenvalue weighted by Gasteiger charge is 2.20. The zero-order valence-corrected chi connectivity index (χ0v) is 21.0. The largest absolute Gasteiger partial charge is 0.103 e. The van der Waals surface area contributed by atoms with Gasteiger partial charge in [0.05, 0.1) is 0 Å². The molecular formula is C30H46. The predicted octanol–water partition coefficient (Wildman–Crippen LogP) is 10.2. The van der Waals surface area contributed by atoms with E-state index in [1.165, 1.54) is 22.3 Å². The van der Waals surface area contributed by atoms with E-state index in [1.807, 2.05) is 33.8 Å². The lowest BCUT2D eigenvalue weighted by Crippen LogP contribution is -2.09. The van der Waals surface area contributed by atoms with Gasteiger partial charge >= 0.3 is 0 Å². The first-order valence-corrected chi connectivity index (χ1v) is 11.6. The summed E-state index contributed by atoms with van der Waals surface area (Å²) >= 11 is 0. The molecule has 2 rings (SSSR count). The van der Waals surface area contributed by atoms with Crippen LogP contribution in [-0.4, -0.2) is 0 Å². The topological polar surface area (TPSA) is 0 Å². The van der Waals surface area contributed by atoms with Crippen molar-refractivity contribution in [2.45, 2.75) is 74.7 Å². The Morgan fingerprint density at radius 2 is 1.67 bits per heavy atom. The average Bonchev–Trinajstić information content (AvgIpc) is 2.81. The van der Waals surface area contributed by atoms with E-state index in [0.717, 1.165) is 24.8 Å². The highest BCUT2D eigenvalue weighted by Crippen LogP contribution is 2.37. The minimum Gasteiger partial charge on any atom is -0.103 e. The standard InChI is InChI=1S/C22H26.C4H8.2C2H6/c1-5-7-11-20-15-14-17(3)16-22(20)18(4)21-13-9-8-12-19(21)10-6-2;1-3-4-2;2*1-2/h5-10,12-14,16,20H,4,11,15H2,1-3H3;3H,1,4H2,2H3;2*1-2H3/b7-5?,10-6-;;;. The number of hydrogen-bond acceptors (Lipinski definition) is 0. The van der Waals surface area contributed by atoms with Gasteiger partial charge in [-0.15, -0.1) is 6.58 Å². The number of rotatable bonds is 6. The van der Waals surface area contributed by atoms with Gasteiger partial charge in [0.25, 0.3) is 0 Å². The molecule has 0 amide bonds. The van der Waals surface area contributed by atoms with E-state index in [0.29, 0.717) is 5.92 Å². The zero-order chi connectivity index (χ0) is 23.4. The molecule has 0 aliphatic heterocycles. The Balaban J connectivity index is 0. The molecule has 1 atom stereocenters. The van der Waals surface area contributed by atoms with Crippen LogP contribution in [0.4, 0.5) is 0 Å². The fourth-order valence-corrected chi connectivity index (χ4v) is 2.99. The Morgan fingerprint density at radius 1 is 1.07 bits per heavy atom. The smallest absolute Gasteiger partial charge is 0.00866 e. The molecule has 0 saturated heterocycles. The average molecular weight is 407 g/mol. The lowest BCUT2D eigenvalue weighted by atomic mass is 9.80. The van der Waals surface area contributed by atoms with Crippen LogP contribution in [0.3, 0.4) is 0 Å². The second-order valence-corrected chi connectivity index (χ2v) is 6.55. The van der Waals surface area contributed by atoms with Gasteiger partial charge in [-0.2, -0.15) is 0 Å². The molecule has 0 nitrogen and oxygen atoms in total. The Morgan fingerprint density at radius 3 is 2.20 bits per heavy atom. The Kier molecular flexibility index (Phi) is 19.9. The highest BCUT2D eigenvalue weighted by atomic mass is 14.2. The Labute approximate surface area is 188 Å². The summed E-state index contributed by atoms with van der Waals surface area (Å²) in [4.78, 5) is 0. The minimum atomic E-state index is 0.533. The molecule has 0 spiro atoms. The van der Waals surface area contributed by atoms with Gasteiger partial charge in [-0.1, -0.05) is 114 Å². The summed E-state index contributed by atoms with van der Waals surface area (Å²) in [5, 5.41) is 0. The van der Waals surface area contributed by atoms with Crippen LogP contribution in [0.25, 0.3) is 11.6 Å². The Hall–Kier alpha value is -2.34. The van der Waals surface area contributed by atoms with E-state index in [2.05, 4.69) is 102 Å². The first-order valence-electron chi connectivity index (χ1n) is 11.6. The van der Waals surface area contributed by atoms with Gasteiger partial charge in [0.1, 0.15) is 0 Å². The van der Waals surface area contributed by atoms with Gasteiger partial charge in [-0.25, -0.2) is 0 Å². The molecule has 1 aliphatic rings. The molecule has 1 unspecified atom stereocenters. The molecule has 166 valence electrons. The van der Waals surface area contributed by atoms with Crippen LogP contribution in [0.2, 0.25) is 0 Å². The third-order valence-corrected chi connectivity index (χ3v) is 4.47. The van der Waals surface area contributed by atoms with Crippen LogP contribution in [0.1, 0.15) is 85.8 Å². The van der Waals surface area contributed by atoms with Crippen molar-refractivity contribution in [1.29, 1.82) is 0 Å². The maximum absolute atomic E-state index is 4.43. The van der Waals surface area contributed by atoms with Gasteiger partial charge in [0.2, 0.25) is 0 Å². The van der Waals surface area contributed by atoms with Gasteiger partial charge in [0.15, 0.2) is 0 Å². The van der Waals surface area contributed by atoms with Crippen molar-refractivity contribution in [2.24, 2.45) is 5.92 Å². The van der Waals surface area contributed by atoms with Crippen LogP contribution >= 0.6 is 0 Å². The fourth-order valence-electron chi connectivity index (χ4n) is 2.99. The molecule has 0 N–H and O–H groups in total. The van der Waals surface area contributed by atoms with Crippen molar-refractivity contribution < 1.29 is 0 Å². The number of benzene rings is 1. The van der Waals surface area contributed by atoms with Crippen LogP contribution in [0, 0.1) is 5.92 Å². The van der Waals surface area contributed by atoms with Crippen molar-refractivity contribution in [1.82, 2.24) is 0 Å². The quantitative estimate of drug-likeness (QED) is 0.412. The molecule has 30 heavy (non-hydrogen) atoms. The van der Waals surface area contributed by atoms with Crippen molar-refractivity contribution in [3.05, 3.63) is 96.2 Å². The van der Waals surface area contributed by atoms with Crippen molar-refractivity contribution >= 4 is 11.6 Å². The highest BCUT2D eigenvalue weighted by molar-refractivity contribution is 5.83. The predicted molar refractivity (Wildman–Crippen MR) is 143 cm³/mol. The monoisotopic (exact) mass is 406 g/mol. The summed E-state index contributed by atoms with van der Waals surface area (Å²) in [6.07, 6.45) is 18.4. The summed E-state index contributed by atoms with van der Waals surface area (Å²) in [6, 6.07) is 8.52. The summed E-state index contributed by atoms with van der Waals surface area (Å²) in [6.45, 7) is 24.3. The molecule has 0 saturated carbocycles. The minimum absolute atomic E-state index is 0.533. The van der Waals surface area contributed by atoms with Crippen molar-refractivity contribution in [3.8, 4) is 0 Å². The lowest BCUT2D eigenvalue weighted by molar-refractivity contribution is 0.640. The van der Waals surface area contributed by atoms with E-state index in [-0.39, 0.29) is 0 Å². The van der Waals surface area contributed by atoms with Gasteiger partial charge < -0.3 is 0 Å². The molecule has 1 aromatic rings. The molecule has 0 heterocycles. The molecular weight excluding hydrogens is 360 g/mol. The van der Waals surface area contributed by atoms with E-state index >= 15 is 0 Å². The van der Waals surface area contributed by atoms with Gasteiger partial charge in [-0.3, -0.25) is 0 Å². The van der Waals surface area contributed by atoms with Crippen LogP contribution in [0.15, 0.2) is 85.0 Å². The third-order valence-electron chi connectivity index (χ3n) is 4.47. The summed E-state index contributed by atoms with van der Waals surface area (Å²) in [7, 11) is 0. The second-order valence-electron chi connectivity index (χ2n) is 6.55. The number of hydrogen-bond donors (Lipinski definition) is 0. The van der Waals surface area contributed by atoms with E-state index in [4.69, 9.17) is 0 Å². The van der Waals surface area contributed by atoms with Gasteiger partial charge in [-0.05, 0) is 68.2 Å². The molecule has 0 fully saturated rings. The molecule has 0 bridgehead atoms. The van der Waals surface area contributed by atoms with Crippen molar-refractivity contribution in [2.75, 3.05) is 0 Å². The number of allylic oxidation sites excluding steroid dienone is 9. The maximum atomic E-state index is 4.43. The second kappa shape index (κ2) is 20.0. The van der Waals surface area contributed by atoms with E-state index < -0.39 is 0 Å². The normalized spacial score (nSPS) is 14.9. The van der Waals surface area contributed by atoms with Crippen molar-refractivity contribution in [3.63, 3.8) is 0 Å². The molecule has 0 heteroatoms. The molecule has 1 aromatic carbocycles. The van der Waals surface area contributed by atoms with E-state index in [1.54, 1.807) is 0 Å². The maximum Gasteiger partial charge on any atom is -0.00866 e. The Bertz CT molecular complexity index is 705. The first-order chi connectivity index (χ1) is 14.6. The van der Waals surface area contributed by atoms with Crippen LogP contribution in [0.5, 0.6) is 0 Å². The van der Waals surface area contributed by atoms with Gasteiger partial charge in [0, 0.05) is 0 Å².